The number of nitrogens with zero attached hydrogens (tertiary/aromatic N) is 1. The summed E-state index contributed by atoms with van der Waals surface area (Å²) in [5, 5.41) is 2.64. The second-order valence-electron chi connectivity index (χ2n) is 5.34. The van der Waals surface area contributed by atoms with Gasteiger partial charge in [-0.05, 0) is 25.3 Å². The highest BCUT2D eigenvalue weighted by atomic mass is 16.2. The van der Waals surface area contributed by atoms with Gasteiger partial charge in [0.15, 0.2) is 0 Å². The second kappa shape index (κ2) is 6.05. The quantitative estimate of drug-likeness (QED) is 0.845. The van der Waals surface area contributed by atoms with E-state index in [0.717, 1.165) is 31.5 Å². The number of hydrogen-bond acceptors (Lipinski definition) is 3. The summed E-state index contributed by atoms with van der Waals surface area (Å²) in [5.74, 6) is -0.379. The average molecular weight is 275 g/mol. The van der Waals surface area contributed by atoms with E-state index in [0.29, 0.717) is 0 Å². The molecule has 1 unspecified atom stereocenters. The number of likely N-dealkylation sites (tertiary alicyclic amines) is 1. The lowest BCUT2D eigenvalue weighted by molar-refractivity contribution is -0.133. The van der Waals surface area contributed by atoms with Gasteiger partial charge in [0.25, 0.3) is 0 Å². The summed E-state index contributed by atoms with van der Waals surface area (Å²) in [4.78, 5) is 25.8. The Balaban J connectivity index is 1.92. The third kappa shape index (κ3) is 3.17. The second-order valence-corrected chi connectivity index (χ2v) is 5.34. The fourth-order valence-corrected chi connectivity index (χ4v) is 2.33. The van der Waals surface area contributed by atoms with Crippen molar-refractivity contribution in [3.8, 4) is 0 Å². The number of carbonyl (C=O) groups excluding carboxylic acids is 2. The minimum absolute atomic E-state index is 0.0124. The summed E-state index contributed by atoms with van der Waals surface area (Å²) in [5.41, 5.74) is 5.68. The molecule has 1 aliphatic rings. The Bertz CT molecular complexity index is 479. The molecule has 20 heavy (non-hydrogen) atoms. The maximum absolute atomic E-state index is 12.2. The van der Waals surface area contributed by atoms with Gasteiger partial charge in [-0.2, -0.15) is 0 Å². The Labute approximate surface area is 119 Å². The first-order valence-electron chi connectivity index (χ1n) is 6.92. The maximum atomic E-state index is 12.2. The molecule has 1 aliphatic heterocycles. The third-order valence-corrected chi connectivity index (χ3v) is 3.70. The number of hydrogen-bond donors (Lipinski definition) is 2. The van der Waals surface area contributed by atoms with E-state index in [4.69, 9.17) is 5.73 Å². The molecule has 1 aromatic carbocycles. The van der Waals surface area contributed by atoms with E-state index in [2.05, 4.69) is 5.32 Å². The van der Waals surface area contributed by atoms with E-state index in [1.165, 1.54) is 0 Å². The molecule has 0 aliphatic carbocycles. The molecule has 0 bridgehead atoms. The summed E-state index contributed by atoms with van der Waals surface area (Å²) >= 11 is 0. The van der Waals surface area contributed by atoms with Crippen molar-refractivity contribution in [2.24, 2.45) is 5.73 Å². The Hall–Kier alpha value is -1.88. The van der Waals surface area contributed by atoms with E-state index in [9.17, 15) is 9.59 Å². The van der Waals surface area contributed by atoms with E-state index in [1.54, 1.807) is 11.8 Å². The summed E-state index contributed by atoms with van der Waals surface area (Å²) in [6.45, 7) is 3.23. The van der Waals surface area contributed by atoms with Gasteiger partial charge in [0.05, 0.1) is 6.54 Å². The molecular formula is C15H21N3O2. The standard InChI is InChI=1S/C15H21N3O2/c1-15(16,12-7-3-2-4-8-12)14(20)17-11-13(19)18-9-5-6-10-18/h2-4,7-8H,5-6,9-11,16H2,1H3,(H,17,20). The van der Waals surface area contributed by atoms with Gasteiger partial charge < -0.3 is 16.0 Å². The number of nitrogens with one attached hydrogen (secondary N) is 1. The van der Waals surface area contributed by atoms with E-state index < -0.39 is 5.54 Å². The minimum Gasteiger partial charge on any atom is -0.345 e. The van der Waals surface area contributed by atoms with Crippen molar-refractivity contribution in [3.05, 3.63) is 35.9 Å². The lowest BCUT2D eigenvalue weighted by Gasteiger charge is -2.24. The van der Waals surface area contributed by atoms with Crippen LogP contribution in [0.25, 0.3) is 0 Å². The molecule has 1 saturated heterocycles. The fraction of sp³-hybridized carbons (Fsp3) is 0.467. The maximum Gasteiger partial charge on any atom is 0.244 e. The van der Waals surface area contributed by atoms with Gasteiger partial charge in [-0.3, -0.25) is 9.59 Å². The van der Waals surface area contributed by atoms with Gasteiger partial charge in [-0.25, -0.2) is 0 Å². The number of nitrogens with two attached hydrogens (primary N) is 1. The average Bonchev–Trinajstić information content (AvgIpc) is 2.99. The number of amides is 2. The SMILES string of the molecule is CC(N)(C(=O)NCC(=O)N1CCCC1)c1ccccc1. The molecule has 0 radical (unpaired) electrons. The molecule has 108 valence electrons. The number of carbonyl (C=O) groups is 2. The van der Waals surface area contributed by atoms with Gasteiger partial charge in [0, 0.05) is 13.1 Å². The molecule has 2 amide bonds. The van der Waals surface area contributed by atoms with Gasteiger partial charge in [-0.15, -0.1) is 0 Å². The van der Waals surface area contributed by atoms with Crippen LogP contribution in [0.1, 0.15) is 25.3 Å². The first-order chi connectivity index (χ1) is 9.51. The minimum atomic E-state index is -1.13. The van der Waals surface area contributed by atoms with Crippen molar-refractivity contribution in [2.45, 2.75) is 25.3 Å². The molecule has 1 heterocycles. The predicted octanol–water partition coefficient (Wildman–Crippen LogP) is 0.599. The van der Waals surface area contributed by atoms with Crippen molar-refractivity contribution in [1.29, 1.82) is 0 Å². The van der Waals surface area contributed by atoms with E-state index in [1.807, 2.05) is 30.3 Å². The van der Waals surface area contributed by atoms with Crippen LogP contribution in [-0.2, 0) is 15.1 Å². The zero-order valence-corrected chi connectivity index (χ0v) is 11.8. The van der Waals surface area contributed by atoms with Crippen molar-refractivity contribution in [1.82, 2.24) is 10.2 Å². The third-order valence-electron chi connectivity index (χ3n) is 3.70. The van der Waals surface area contributed by atoms with Crippen LogP contribution >= 0.6 is 0 Å². The highest BCUT2D eigenvalue weighted by molar-refractivity contribution is 5.90. The van der Waals surface area contributed by atoms with Gasteiger partial charge in [0.2, 0.25) is 11.8 Å². The van der Waals surface area contributed by atoms with E-state index >= 15 is 0 Å². The van der Waals surface area contributed by atoms with Crippen LogP contribution in [0.15, 0.2) is 30.3 Å². The summed E-state index contributed by atoms with van der Waals surface area (Å²) in [6, 6.07) is 9.16. The number of benzene rings is 1. The van der Waals surface area contributed by atoms with Gasteiger partial charge in [-0.1, -0.05) is 30.3 Å². The van der Waals surface area contributed by atoms with Crippen LogP contribution in [0.3, 0.4) is 0 Å². The summed E-state index contributed by atoms with van der Waals surface area (Å²) in [6.07, 6.45) is 2.08. The highest BCUT2D eigenvalue weighted by Gasteiger charge is 2.31. The molecule has 1 atom stereocenters. The molecule has 0 spiro atoms. The Morgan fingerprint density at radius 2 is 1.85 bits per heavy atom. The lowest BCUT2D eigenvalue weighted by Crippen LogP contribution is -2.51. The van der Waals surface area contributed by atoms with Crippen LogP contribution < -0.4 is 11.1 Å². The Kier molecular flexibility index (Phi) is 4.39. The molecule has 1 fully saturated rings. The zero-order chi connectivity index (χ0) is 14.6. The molecule has 0 saturated carbocycles. The number of rotatable bonds is 4. The fourth-order valence-electron chi connectivity index (χ4n) is 2.33. The van der Waals surface area contributed by atoms with Gasteiger partial charge in [0.1, 0.15) is 5.54 Å². The smallest absolute Gasteiger partial charge is 0.244 e. The van der Waals surface area contributed by atoms with Crippen molar-refractivity contribution in [2.75, 3.05) is 19.6 Å². The predicted molar refractivity (Wildman–Crippen MR) is 76.8 cm³/mol. The van der Waals surface area contributed by atoms with Crippen LogP contribution in [-0.4, -0.2) is 36.3 Å². The van der Waals surface area contributed by atoms with E-state index in [-0.39, 0.29) is 18.4 Å². The van der Waals surface area contributed by atoms with Gasteiger partial charge >= 0.3 is 0 Å². The largest absolute Gasteiger partial charge is 0.345 e. The first-order valence-corrected chi connectivity index (χ1v) is 6.92. The molecule has 5 nitrogen and oxygen atoms in total. The van der Waals surface area contributed by atoms with Crippen LogP contribution in [0.5, 0.6) is 0 Å². The topological polar surface area (TPSA) is 75.4 Å². The molecule has 1 aromatic rings. The molecular weight excluding hydrogens is 254 g/mol. The molecule has 3 N–H and O–H groups in total. The lowest BCUT2D eigenvalue weighted by atomic mass is 9.92. The first kappa shape index (κ1) is 14.5. The Morgan fingerprint density at radius 1 is 1.25 bits per heavy atom. The van der Waals surface area contributed by atoms with Crippen molar-refractivity contribution in [3.63, 3.8) is 0 Å². The molecule has 2 rings (SSSR count). The van der Waals surface area contributed by atoms with Crippen molar-refractivity contribution >= 4 is 11.8 Å². The summed E-state index contributed by atoms with van der Waals surface area (Å²) in [7, 11) is 0. The van der Waals surface area contributed by atoms with Crippen molar-refractivity contribution < 1.29 is 9.59 Å². The Morgan fingerprint density at radius 3 is 2.45 bits per heavy atom. The highest BCUT2D eigenvalue weighted by Crippen LogP contribution is 2.17. The normalized spacial score (nSPS) is 17.6. The molecule has 5 heteroatoms. The monoisotopic (exact) mass is 275 g/mol. The molecule has 0 aromatic heterocycles. The van der Waals surface area contributed by atoms with Crippen LogP contribution in [0.4, 0.5) is 0 Å². The van der Waals surface area contributed by atoms with Crippen LogP contribution in [0.2, 0.25) is 0 Å². The van der Waals surface area contributed by atoms with Crippen LogP contribution in [0, 0.1) is 0 Å². The zero-order valence-electron chi connectivity index (χ0n) is 11.8. The summed E-state index contributed by atoms with van der Waals surface area (Å²) < 4.78 is 0.